The van der Waals surface area contributed by atoms with Crippen LogP contribution in [0.2, 0.25) is 0 Å². The lowest BCUT2D eigenvalue weighted by Crippen LogP contribution is -2.08. The number of nitrogens with one attached hydrogen (secondary N) is 1. The predicted octanol–water partition coefficient (Wildman–Crippen LogP) is 3.24. The van der Waals surface area contributed by atoms with Crippen LogP contribution in [-0.4, -0.2) is 12.2 Å². The second-order valence-corrected chi connectivity index (χ2v) is 5.38. The van der Waals surface area contributed by atoms with Gasteiger partial charge >= 0.3 is 0 Å². The zero-order valence-corrected chi connectivity index (χ0v) is 13.0. The summed E-state index contributed by atoms with van der Waals surface area (Å²) >= 11 is 3.53. The molecule has 106 valence electrons. The van der Waals surface area contributed by atoms with Crippen molar-refractivity contribution < 1.29 is 9.84 Å². The standard InChI is InChI=1S/C16H18BrNO2/c1-18-9-14-3-2-4-15(17)16(14)20-11-13-7-5-12(10-19)6-8-13/h2-8,18-19H,9-11H2,1H3. The first-order valence-electron chi connectivity index (χ1n) is 6.48. The molecule has 2 aromatic carbocycles. The molecular weight excluding hydrogens is 318 g/mol. The largest absolute Gasteiger partial charge is 0.487 e. The van der Waals surface area contributed by atoms with E-state index in [2.05, 4.69) is 21.2 Å². The Morgan fingerprint density at radius 3 is 2.45 bits per heavy atom. The number of aliphatic hydroxyl groups excluding tert-OH is 1. The van der Waals surface area contributed by atoms with E-state index in [0.717, 1.165) is 33.5 Å². The van der Waals surface area contributed by atoms with Gasteiger partial charge in [0.05, 0.1) is 11.1 Å². The summed E-state index contributed by atoms with van der Waals surface area (Å²) < 4.78 is 6.89. The van der Waals surface area contributed by atoms with Gasteiger partial charge in [0.1, 0.15) is 12.4 Å². The SMILES string of the molecule is CNCc1cccc(Br)c1OCc1ccc(CO)cc1. The van der Waals surface area contributed by atoms with E-state index in [1.54, 1.807) is 0 Å². The third-order valence-electron chi connectivity index (χ3n) is 3.00. The van der Waals surface area contributed by atoms with E-state index >= 15 is 0 Å². The Labute approximate surface area is 127 Å². The van der Waals surface area contributed by atoms with Gasteiger partial charge in [-0.2, -0.15) is 0 Å². The summed E-state index contributed by atoms with van der Waals surface area (Å²) in [5, 5.41) is 12.2. The first-order valence-corrected chi connectivity index (χ1v) is 7.27. The van der Waals surface area contributed by atoms with Gasteiger partial charge in [0.15, 0.2) is 0 Å². The van der Waals surface area contributed by atoms with Crippen molar-refractivity contribution in [2.75, 3.05) is 7.05 Å². The molecule has 0 aromatic heterocycles. The molecule has 0 bridgehead atoms. The number of ether oxygens (including phenoxy) is 1. The Kier molecular flexibility index (Phi) is 5.59. The van der Waals surface area contributed by atoms with Crippen molar-refractivity contribution in [1.82, 2.24) is 5.32 Å². The summed E-state index contributed by atoms with van der Waals surface area (Å²) in [5.74, 6) is 0.869. The Morgan fingerprint density at radius 1 is 1.10 bits per heavy atom. The van der Waals surface area contributed by atoms with Crippen LogP contribution in [0.4, 0.5) is 0 Å². The van der Waals surface area contributed by atoms with Gasteiger partial charge in [-0.25, -0.2) is 0 Å². The van der Waals surface area contributed by atoms with Gasteiger partial charge in [-0.05, 0) is 40.2 Å². The first kappa shape index (κ1) is 15.0. The van der Waals surface area contributed by atoms with Crippen LogP contribution in [-0.2, 0) is 19.8 Å². The van der Waals surface area contributed by atoms with Gasteiger partial charge in [-0.15, -0.1) is 0 Å². The van der Waals surface area contributed by atoms with E-state index in [1.807, 2.05) is 49.5 Å². The minimum Gasteiger partial charge on any atom is -0.487 e. The number of halogens is 1. The average molecular weight is 336 g/mol. The summed E-state index contributed by atoms with van der Waals surface area (Å²) in [7, 11) is 1.91. The van der Waals surface area contributed by atoms with Crippen LogP contribution in [0.3, 0.4) is 0 Å². The van der Waals surface area contributed by atoms with Gasteiger partial charge in [0.25, 0.3) is 0 Å². The topological polar surface area (TPSA) is 41.5 Å². The van der Waals surface area contributed by atoms with Crippen molar-refractivity contribution in [3.63, 3.8) is 0 Å². The maximum atomic E-state index is 9.02. The van der Waals surface area contributed by atoms with Crippen molar-refractivity contribution in [2.45, 2.75) is 19.8 Å². The number of aliphatic hydroxyl groups is 1. The molecule has 0 amide bonds. The lowest BCUT2D eigenvalue weighted by Gasteiger charge is -2.13. The molecular formula is C16H18BrNO2. The molecule has 0 saturated heterocycles. The van der Waals surface area contributed by atoms with Crippen LogP contribution < -0.4 is 10.1 Å². The molecule has 3 nitrogen and oxygen atoms in total. The fourth-order valence-electron chi connectivity index (χ4n) is 1.94. The van der Waals surface area contributed by atoms with Crippen LogP contribution >= 0.6 is 15.9 Å². The highest BCUT2D eigenvalue weighted by atomic mass is 79.9. The van der Waals surface area contributed by atoms with Gasteiger partial charge in [0.2, 0.25) is 0 Å². The Balaban J connectivity index is 2.09. The summed E-state index contributed by atoms with van der Waals surface area (Å²) in [4.78, 5) is 0. The van der Waals surface area contributed by atoms with Crippen LogP contribution in [0, 0.1) is 0 Å². The van der Waals surface area contributed by atoms with Crippen LogP contribution in [0.15, 0.2) is 46.9 Å². The van der Waals surface area contributed by atoms with Gasteiger partial charge in [0, 0.05) is 12.1 Å². The molecule has 0 aliphatic rings. The zero-order chi connectivity index (χ0) is 14.4. The predicted molar refractivity (Wildman–Crippen MR) is 83.6 cm³/mol. The summed E-state index contributed by atoms with van der Waals surface area (Å²) in [5.41, 5.74) is 3.10. The van der Waals surface area contributed by atoms with Crippen LogP contribution in [0.1, 0.15) is 16.7 Å². The zero-order valence-electron chi connectivity index (χ0n) is 11.4. The van der Waals surface area contributed by atoms with Crippen LogP contribution in [0.5, 0.6) is 5.75 Å². The summed E-state index contributed by atoms with van der Waals surface area (Å²) in [6.45, 7) is 1.33. The number of benzene rings is 2. The molecule has 2 rings (SSSR count). The number of para-hydroxylation sites is 1. The van der Waals surface area contributed by atoms with E-state index < -0.39 is 0 Å². The molecule has 0 fully saturated rings. The quantitative estimate of drug-likeness (QED) is 0.851. The molecule has 0 saturated carbocycles. The van der Waals surface area contributed by atoms with Crippen molar-refractivity contribution in [3.05, 3.63) is 63.6 Å². The number of rotatable bonds is 6. The maximum Gasteiger partial charge on any atom is 0.138 e. The highest BCUT2D eigenvalue weighted by molar-refractivity contribution is 9.10. The van der Waals surface area contributed by atoms with E-state index in [4.69, 9.17) is 9.84 Å². The summed E-state index contributed by atoms with van der Waals surface area (Å²) in [6, 6.07) is 13.8. The summed E-state index contributed by atoms with van der Waals surface area (Å²) in [6.07, 6.45) is 0. The molecule has 0 radical (unpaired) electrons. The van der Waals surface area contributed by atoms with Crippen LogP contribution in [0.25, 0.3) is 0 Å². The molecule has 0 aliphatic carbocycles. The monoisotopic (exact) mass is 335 g/mol. The molecule has 0 heterocycles. The van der Waals surface area contributed by atoms with Gasteiger partial charge < -0.3 is 15.2 Å². The van der Waals surface area contributed by atoms with Crippen molar-refractivity contribution in [2.24, 2.45) is 0 Å². The van der Waals surface area contributed by atoms with Crippen molar-refractivity contribution in [3.8, 4) is 5.75 Å². The fraction of sp³-hybridized carbons (Fsp3) is 0.250. The smallest absolute Gasteiger partial charge is 0.138 e. The second kappa shape index (κ2) is 7.43. The highest BCUT2D eigenvalue weighted by Crippen LogP contribution is 2.29. The van der Waals surface area contributed by atoms with Crippen molar-refractivity contribution in [1.29, 1.82) is 0 Å². The number of hydrogen-bond donors (Lipinski definition) is 2. The lowest BCUT2D eigenvalue weighted by atomic mass is 10.1. The molecule has 2 N–H and O–H groups in total. The Morgan fingerprint density at radius 2 is 1.80 bits per heavy atom. The molecule has 0 unspecified atom stereocenters. The lowest BCUT2D eigenvalue weighted by molar-refractivity contribution is 0.281. The van der Waals surface area contributed by atoms with Gasteiger partial charge in [-0.3, -0.25) is 0 Å². The Hall–Kier alpha value is -1.36. The fourth-order valence-corrected chi connectivity index (χ4v) is 2.46. The normalized spacial score (nSPS) is 10.6. The van der Waals surface area contributed by atoms with Gasteiger partial charge in [-0.1, -0.05) is 36.4 Å². The Bertz CT molecular complexity index is 555. The molecule has 4 heteroatoms. The minimum absolute atomic E-state index is 0.0672. The first-order chi connectivity index (χ1) is 9.74. The van der Waals surface area contributed by atoms with E-state index in [0.29, 0.717) is 6.61 Å². The van der Waals surface area contributed by atoms with E-state index in [1.165, 1.54) is 0 Å². The molecule has 0 aliphatic heterocycles. The maximum absolute atomic E-state index is 9.02. The average Bonchev–Trinajstić information content (AvgIpc) is 2.47. The molecule has 2 aromatic rings. The third-order valence-corrected chi connectivity index (χ3v) is 3.63. The number of hydrogen-bond acceptors (Lipinski definition) is 3. The van der Waals surface area contributed by atoms with Crippen molar-refractivity contribution >= 4 is 15.9 Å². The third kappa shape index (κ3) is 3.82. The second-order valence-electron chi connectivity index (χ2n) is 4.52. The molecule has 0 atom stereocenters. The van der Waals surface area contributed by atoms with E-state index in [9.17, 15) is 0 Å². The highest BCUT2D eigenvalue weighted by Gasteiger charge is 2.07. The molecule has 20 heavy (non-hydrogen) atoms. The molecule has 0 spiro atoms. The minimum atomic E-state index is 0.0672. The van der Waals surface area contributed by atoms with E-state index in [-0.39, 0.29) is 6.61 Å².